The number of unbranched alkanes of at least 4 members (excludes halogenated alkanes) is 1. The molecule has 210 valence electrons. The second kappa shape index (κ2) is 11.9. The van der Waals surface area contributed by atoms with Crippen LogP contribution in [0, 0.1) is 6.92 Å². The Bertz CT molecular complexity index is 2030. The van der Waals surface area contributed by atoms with Crippen molar-refractivity contribution < 1.29 is 4.74 Å². The maximum absolute atomic E-state index is 13.5. The first kappa shape index (κ1) is 27.3. The van der Waals surface area contributed by atoms with Crippen LogP contribution >= 0.6 is 11.3 Å². The number of nitrogens with zero attached hydrogens (tertiary/aromatic N) is 5. The molecule has 0 atom stereocenters. The Balaban J connectivity index is 1.44. The number of benzene rings is 3. The van der Waals surface area contributed by atoms with E-state index in [0.717, 1.165) is 63.6 Å². The number of aryl methyl sites for hydroxylation is 1. The van der Waals surface area contributed by atoms with Crippen molar-refractivity contribution in [1.29, 1.82) is 0 Å². The average Bonchev–Trinajstić information content (AvgIpc) is 3.56. The molecule has 8 nitrogen and oxygen atoms in total. The first-order chi connectivity index (χ1) is 20.5. The van der Waals surface area contributed by atoms with Crippen LogP contribution < -0.4 is 20.4 Å². The van der Waals surface area contributed by atoms with Crippen molar-refractivity contribution in [3.05, 3.63) is 133 Å². The van der Waals surface area contributed by atoms with Crippen LogP contribution in [0.15, 0.2) is 94.6 Å². The Kier molecular flexibility index (Phi) is 7.74. The molecule has 0 bridgehead atoms. The lowest BCUT2D eigenvalue weighted by atomic mass is 10.0. The highest BCUT2D eigenvalue weighted by Gasteiger charge is 2.16. The number of hydrogen-bond acceptors (Lipinski definition) is 7. The van der Waals surface area contributed by atoms with Crippen LogP contribution in [0.5, 0.6) is 5.75 Å². The van der Waals surface area contributed by atoms with Crippen molar-refractivity contribution in [2.45, 2.75) is 33.1 Å². The van der Waals surface area contributed by atoms with Gasteiger partial charge in [0.25, 0.3) is 11.1 Å². The fraction of sp³-hybridized carbons (Fsp3) is 0.182. The summed E-state index contributed by atoms with van der Waals surface area (Å²) in [5.74, 6) is 0.847. The molecule has 42 heavy (non-hydrogen) atoms. The minimum absolute atomic E-state index is 0.231. The third kappa shape index (κ3) is 5.64. The molecule has 0 unspecified atom stereocenters. The summed E-state index contributed by atoms with van der Waals surface area (Å²) in [4.78, 5) is 30.7. The fourth-order valence-corrected chi connectivity index (χ4v) is 5.59. The Hall–Kier alpha value is -4.89. The summed E-state index contributed by atoms with van der Waals surface area (Å²) >= 11 is 1.14. The quantitative estimate of drug-likeness (QED) is 0.226. The lowest BCUT2D eigenvalue weighted by Crippen LogP contribution is -2.28. The summed E-state index contributed by atoms with van der Waals surface area (Å²) in [5, 5.41) is 9.31. The van der Waals surface area contributed by atoms with Gasteiger partial charge in [-0.15, -0.1) is 0 Å². The van der Waals surface area contributed by atoms with Crippen LogP contribution in [0.4, 0.5) is 0 Å². The molecule has 3 heterocycles. The molecule has 0 amide bonds. The van der Waals surface area contributed by atoms with Crippen LogP contribution in [-0.2, 0) is 6.42 Å². The summed E-state index contributed by atoms with van der Waals surface area (Å²) in [7, 11) is 0. The van der Waals surface area contributed by atoms with Gasteiger partial charge in [-0.25, -0.2) is 4.68 Å². The van der Waals surface area contributed by atoms with Gasteiger partial charge in [0.2, 0.25) is 4.96 Å². The second-order valence-corrected chi connectivity index (χ2v) is 11.0. The second-order valence-electron chi connectivity index (χ2n) is 10.0. The molecule has 0 aliphatic carbocycles. The summed E-state index contributed by atoms with van der Waals surface area (Å²) in [6, 6.07) is 25.4. The minimum atomic E-state index is -0.430. The first-order valence-electron chi connectivity index (χ1n) is 13.9. The number of aromatic nitrogens is 5. The zero-order chi connectivity index (χ0) is 29.1. The number of ether oxygens (including phenoxy) is 1. The molecule has 0 N–H and O–H groups in total. The van der Waals surface area contributed by atoms with Gasteiger partial charge in [0, 0.05) is 23.7 Å². The standard InChI is InChI=1S/C33H29N5O3S/c1-3-4-17-41-28-16-15-24(18-22(28)2)30-25(21-37(36-30)26-13-9-6-10-14-26)20-29-32(40)38-33(42-29)34-31(39)27(35-38)19-23-11-7-5-8-12-23/h5-16,18,20-21H,3-4,17,19H2,1-2H3/b29-20-. The fourth-order valence-electron chi connectivity index (χ4n) is 4.70. The lowest BCUT2D eigenvalue weighted by molar-refractivity contribution is 0.307. The Morgan fingerprint density at radius 2 is 1.71 bits per heavy atom. The molecule has 0 aliphatic heterocycles. The van der Waals surface area contributed by atoms with E-state index in [9.17, 15) is 9.59 Å². The van der Waals surface area contributed by atoms with Crippen LogP contribution in [0.25, 0.3) is 28.0 Å². The summed E-state index contributed by atoms with van der Waals surface area (Å²) < 4.78 is 9.40. The van der Waals surface area contributed by atoms with E-state index in [1.165, 1.54) is 4.52 Å². The third-order valence-electron chi connectivity index (χ3n) is 6.92. The summed E-state index contributed by atoms with van der Waals surface area (Å²) in [6.07, 6.45) is 6.07. The molecule has 0 saturated carbocycles. The Labute approximate surface area is 246 Å². The van der Waals surface area contributed by atoms with Crippen LogP contribution in [0.1, 0.15) is 42.1 Å². The Morgan fingerprint density at radius 3 is 2.45 bits per heavy atom. The monoisotopic (exact) mass is 575 g/mol. The van der Waals surface area contributed by atoms with Gasteiger partial charge in [-0.3, -0.25) is 9.59 Å². The molecule has 9 heteroatoms. The summed E-state index contributed by atoms with van der Waals surface area (Å²) in [6.45, 7) is 4.83. The summed E-state index contributed by atoms with van der Waals surface area (Å²) in [5.41, 5.74) is 4.68. The molecule has 0 saturated heterocycles. The zero-order valence-electron chi connectivity index (χ0n) is 23.4. The van der Waals surface area contributed by atoms with Crippen LogP contribution in [0.3, 0.4) is 0 Å². The third-order valence-corrected chi connectivity index (χ3v) is 7.88. The van der Waals surface area contributed by atoms with E-state index in [0.29, 0.717) is 17.6 Å². The van der Waals surface area contributed by atoms with E-state index in [4.69, 9.17) is 9.84 Å². The van der Waals surface area contributed by atoms with E-state index in [2.05, 4.69) is 23.1 Å². The van der Waals surface area contributed by atoms with E-state index in [-0.39, 0.29) is 16.2 Å². The molecular formula is C33H29N5O3S. The van der Waals surface area contributed by atoms with Crippen molar-refractivity contribution in [3.8, 4) is 22.7 Å². The maximum Gasteiger partial charge on any atom is 0.296 e. The predicted molar refractivity (Wildman–Crippen MR) is 166 cm³/mol. The van der Waals surface area contributed by atoms with Gasteiger partial charge < -0.3 is 4.74 Å². The minimum Gasteiger partial charge on any atom is -0.493 e. The number of para-hydroxylation sites is 1. The van der Waals surface area contributed by atoms with Crippen molar-refractivity contribution in [1.82, 2.24) is 24.4 Å². The van der Waals surface area contributed by atoms with Crippen LogP contribution in [0.2, 0.25) is 0 Å². The van der Waals surface area contributed by atoms with Gasteiger partial charge in [0.1, 0.15) is 17.1 Å². The van der Waals surface area contributed by atoms with Gasteiger partial charge in [0.05, 0.1) is 16.8 Å². The molecule has 0 radical (unpaired) electrons. The molecule has 3 aromatic carbocycles. The number of fused-ring (bicyclic) bond motifs is 1. The number of rotatable bonds is 9. The molecule has 3 aromatic heterocycles. The van der Waals surface area contributed by atoms with E-state index in [1.807, 2.05) is 85.9 Å². The van der Waals surface area contributed by atoms with Crippen LogP contribution in [-0.4, -0.2) is 31.0 Å². The number of thiazole rings is 1. The van der Waals surface area contributed by atoms with Crippen molar-refractivity contribution in [2.75, 3.05) is 6.61 Å². The normalized spacial score (nSPS) is 11.8. The van der Waals surface area contributed by atoms with E-state index < -0.39 is 5.56 Å². The first-order valence-corrected chi connectivity index (χ1v) is 14.7. The molecule has 0 spiro atoms. The topological polar surface area (TPSA) is 91.4 Å². The average molecular weight is 576 g/mol. The highest BCUT2D eigenvalue weighted by atomic mass is 32.1. The predicted octanol–water partition coefficient (Wildman–Crippen LogP) is 4.99. The lowest BCUT2D eigenvalue weighted by Gasteiger charge is -2.10. The SMILES string of the molecule is CCCCOc1ccc(-c2nn(-c3ccccc3)cc2/C=c2\sc3nc(=O)c(Cc4ccccc4)nn3c2=O)cc1C. The van der Waals surface area contributed by atoms with Gasteiger partial charge in [-0.2, -0.15) is 19.7 Å². The molecule has 6 aromatic rings. The maximum atomic E-state index is 13.5. The molecule has 0 fully saturated rings. The van der Waals surface area contributed by atoms with Crippen molar-refractivity contribution in [2.24, 2.45) is 0 Å². The largest absolute Gasteiger partial charge is 0.493 e. The molecule has 6 rings (SSSR count). The van der Waals surface area contributed by atoms with Gasteiger partial charge in [-0.05, 0) is 60.9 Å². The van der Waals surface area contributed by atoms with Crippen molar-refractivity contribution >= 4 is 22.4 Å². The molecular weight excluding hydrogens is 546 g/mol. The van der Waals surface area contributed by atoms with Gasteiger partial charge in [-0.1, -0.05) is 73.2 Å². The van der Waals surface area contributed by atoms with Crippen molar-refractivity contribution in [3.63, 3.8) is 0 Å². The molecule has 0 aliphatic rings. The Morgan fingerprint density at radius 1 is 0.952 bits per heavy atom. The highest BCUT2D eigenvalue weighted by Crippen LogP contribution is 2.29. The van der Waals surface area contributed by atoms with Gasteiger partial charge in [0.15, 0.2) is 0 Å². The highest BCUT2D eigenvalue weighted by molar-refractivity contribution is 7.15. The van der Waals surface area contributed by atoms with E-state index in [1.54, 1.807) is 10.8 Å². The van der Waals surface area contributed by atoms with Gasteiger partial charge >= 0.3 is 0 Å². The van der Waals surface area contributed by atoms with E-state index >= 15 is 0 Å². The zero-order valence-corrected chi connectivity index (χ0v) is 24.2. The number of hydrogen-bond donors (Lipinski definition) is 0. The smallest absolute Gasteiger partial charge is 0.296 e.